The van der Waals surface area contributed by atoms with Gasteiger partial charge in [0, 0.05) is 47.5 Å². The van der Waals surface area contributed by atoms with E-state index in [1.165, 1.54) is 0 Å². The molecule has 1 aliphatic heterocycles. The van der Waals surface area contributed by atoms with Crippen LogP contribution in [0.2, 0.25) is 0 Å². The van der Waals surface area contributed by atoms with E-state index in [4.69, 9.17) is 5.73 Å². The predicted octanol–water partition coefficient (Wildman–Crippen LogP) is -0.212. The standard InChI is InChI=1S/C8H18N2OS/c1-8(2,9)7-10-3-5-12(11)6-4-10/h3-7,9H2,1-2H3. The first-order valence-electron chi connectivity index (χ1n) is 4.33. The highest BCUT2D eigenvalue weighted by atomic mass is 32.2. The molecule has 0 bridgehead atoms. The highest BCUT2D eigenvalue weighted by molar-refractivity contribution is 7.85. The molecule has 12 heavy (non-hydrogen) atoms. The molecule has 1 saturated heterocycles. The van der Waals surface area contributed by atoms with Gasteiger partial charge in [0.25, 0.3) is 0 Å². The normalized spacial score (nSPS) is 22.9. The molecule has 72 valence electrons. The SMILES string of the molecule is CC(C)(N)CN1CCS(=O)CC1. The fraction of sp³-hybridized carbons (Fsp3) is 1.00. The molecule has 1 fully saturated rings. The van der Waals surface area contributed by atoms with Crippen LogP contribution in [0.4, 0.5) is 0 Å². The predicted molar refractivity (Wildman–Crippen MR) is 52.6 cm³/mol. The Morgan fingerprint density at radius 3 is 2.33 bits per heavy atom. The molecular weight excluding hydrogens is 172 g/mol. The zero-order valence-corrected chi connectivity index (χ0v) is 8.69. The van der Waals surface area contributed by atoms with Gasteiger partial charge in [0.2, 0.25) is 0 Å². The van der Waals surface area contributed by atoms with Gasteiger partial charge in [-0.05, 0) is 13.8 Å². The molecule has 0 unspecified atom stereocenters. The molecule has 0 spiro atoms. The van der Waals surface area contributed by atoms with Crippen LogP contribution in [0.1, 0.15) is 13.8 Å². The molecule has 0 aromatic carbocycles. The Kier molecular flexibility index (Phi) is 3.26. The van der Waals surface area contributed by atoms with Crippen molar-refractivity contribution in [2.24, 2.45) is 5.73 Å². The van der Waals surface area contributed by atoms with Crippen molar-refractivity contribution < 1.29 is 4.21 Å². The van der Waals surface area contributed by atoms with Crippen molar-refractivity contribution >= 4 is 10.8 Å². The van der Waals surface area contributed by atoms with Crippen LogP contribution < -0.4 is 5.73 Å². The average molecular weight is 190 g/mol. The maximum absolute atomic E-state index is 11.0. The van der Waals surface area contributed by atoms with Gasteiger partial charge in [-0.15, -0.1) is 0 Å². The van der Waals surface area contributed by atoms with E-state index >= 15 is 0 Å². The van der Waals surface area contributed by atoms with E-state index in [-0.39, 0.29) is 5.54 Å². The first kappa shape index (κ1) is 10.2. The molecule has 1 aliphatic rings. The van der Waals surface area contributed by atoms with Crippen molar-refractivity contribution in [1.29, 1.82) is 0 Å². The lowest BCUT2D eigenvalue weighted by Gasteiger charge is -2.32. The van der Waals surface area contributed by atoms with Crippen molar-refractivity contribution in [2.75, 3.05) is 31.1 Å². The monoisotopic (exact) mass is 190 g/mol. The lowest BCUT2D eigenvalue weighted by Crippen LogP contribution is -2.49. The Morgan fingerprint density at radius 2 is 1.92 bits per heavy atom. The molecule has 2 N–H and O–H groups in total. The highest BCUT2D eigenvalue weighted by Gasteiger charge is 2.20. The van der Waals surface area contributed by atoms with E-state index < -0.39 is 10.8 Å². The van der Waals surface area contributed by atoms with Crippen LogP contribution >= 0.6 is 0 Å². The van der Waals surface area contributed by atoms with Gasteiger partial charge in [-0.25, -0.2) is 0 Å². The molecule has 0 amide bonds. The quantitative estimate of drug-likeness (QED) is 0.655. The number of rotatable bonds is 2. The van der Waals surface area contributed by atoms with E-state index in [1.54, 1.807) is 0 Å². The molecule has 0 aromatic heterocycles. The van der Waals surface area contributed by atoms with Gasteiger partial charge >= 0.3 is 0 Å². The third kappa shape index (κ3) is 3.65. The van der Waals surface area contributed by atoms with Crippen molar-refractivity contribution in [2.45, 2.75) is 19.4 Å². The van der Waals surface area contributed by atoms with E-state index in [0.29, 0.717) is 0 Å². The number of hydrogen-bond acceptors (Lipinski definition) is 3. The summed E-state index contributed by atoms with van der Waals surface area (Å²) in [5.41, 5.74) is 5.76. The van der Waals surface area contributed by atoms with Crippen LogP contribution in [-0.4, -0.2) is 45.8 Å². The second kappa shape index (κ2) is 3.85. The van der Waals surface area contributed by atoms with E-state index in [2.05, 4.69) is 4.90 Å². The highest BCUT2D eigenvalue weighted by Crippen LogP contribution is 2.05. The van der Waals surface area contributed by atoms with Gasteiger partial charge in [0.1, 0.15) is 0 Å². The smallest absolute Gasteiger partial charge is 0.0363 e. The van der Waals surface area contributed by atoms with Crippen molar-refractivity contribution in [3.05, 3.63) is 0 Å². The minimum Gasteiger partial charge on any atom is -0.324 e. The molecule has 0 atom stereocenters. The summed E-state index contributed by atoms with van der Waals surface area (Å²) in [7, 11) is -0.572. The molecule has 1 heterocycles. The van der Waals surface area contributed by atoms with Crippen LogP contribution in [-0.2, 0) is 10.8 Å². The third-order valence-corrected chi connectivity index (χ3v) is 3.18. The third-order valence-electron chi connectivity index (χ3n) is 1.90. The number of nitrogens with two attached hydrogens (primary N) is 1. The maximum Gasteiger partial charge on any atom is 0.0363 e. The minimum absolute atomic E-state index is 0.126. The fourth-order valence-electron chi connectivity index (χ4n) is 1.41. The van der Waals surface area contributed by atoms with Crippen LogP contribution in [0.25, 0.3) is 0 Å². The zero-order valence-electron chi connectivity index (χ0n) is 7.88. The fourth-order valence-corrected chi connectivity index (χ4v) is 2.54. The summed E-state index contributed by atoms with van der Waals surface area (Å²) in [5.74, 6) is 1.63. The molecule has 0 aromatic rings. The Balaban J connectivity index is 2.31. The minimum atomic E-state index is -0.572. The van der Waals surface area contributed by atoms with Crippen LogP contribution in [0.3, 0.4) is 0 Å². The maximum atomic E-state index is 11.0. The molecule has 1 rings (SSSR count). The zero-order chi connectivity index (χ0) is 9.19. The van der Waals surface area contributed by atoms with Crippen LogP contribution in [0.5, 0.6) is 0 Å². The summed E-state index contributed by atoms with van der Waals surface area (Å²) in [6.07, 6.45) is 0. The Morgan fingerprint density at radius 1 is 1.42 bits per heavy atom. The van der Waals surface area contributed by atoms with Crippen LogP contribution in [0.15, 0.2) is 0 Å². The molecular formula is C8H18N2OS. The van der Waals surface area contributed by atoms with Crippen molar-refractivity contribution in [3.63, 3.8) is 0 Å². The summed E-state index contributed by atoms with van der Waals surface area (Å²) < 4.78 is 11.0. The van der Waals surface area contributed by atoms with Gasteiger partial charge in [0.05, 0.1) is 0 Å². The summed E-state index contributed by atoms with van der Waals surface area (Å²) in [5, 5.41) is 0. The first-order chi connectivity index (χ1) is 5.47. The number of nitrogens with zero attached hydrogens (tertiary/aromatic N) is 1. The second-order valence-electron chi connectivity index (χ2n) is 4.11. The topological polar surface area (TPSA) is 46.3 Å². The lowest BCUT2D eigenvalue weighted by molar-refractivity contribution is 0.244. The van der Waals surface area contributed by atoms with Crippen molar-refractivity contribution in [3.8, 4) is 0 Å². The molecule has 3 nitrogen and oxygen atoms in total. The second-order valence-corrected chi connectivity index (χ2v) is 5.81. The van der Waals surface area contributed by atoms with E-state index in [9.17, 15) is 4.21 Å². The Labute approximate surface area is 76.8 Å². The van der Waals surface area contributed by atoms with Gasteiger partial charge in [-0.3, -0.25) is 9.11 Å². The molecule has 0 radical (unpaired) electrons. The molecule has 0 aliphatic carbocycles. The Hall–Kier alpha value is 0.0700. The van der Waals surface area contributed by atoms with Gasteiger partial charge < -0.3 is 5.73 Å². The largest absolute Gasteiger partial charge is 0.324 e. The first-order valence-corrected chi connectivity index (χ1v) is 5.82. The van der Waals surface area contributed by atoms with Crippen LogP contribution in [0, 0.1) is 0 Å². The summed E-state index contributed by atoms with van der Waals surface area (Å²) in [6.45, 7) is 6.84. The van der Waals surface area contributed by atoms with E-state index in [0.717, 1.165) is 31.1 Å². The summed E-state index contributed by atoms with van der Waals surface area (Å²) in [4.78, 5) is 2.29. The average Bonchev–Trinajstić information content (AvgIpc) is 1.91. The lowest BCUT2D eigenvalue weighted by atomic mass is 10.1. The van der Waals surface area contributed by atoms with Crippen molar-refractivity contribution in [1.82, 2.24) is 4.90 Å². The van der Waals surface area contributed by atoms with Gasteiger partial charge in [0.15, 0.2) is 0 Å². The molecule has 4 heteroatoms. The number of hydrogen-bond donors (Lipinski definition) is 1. The van der Waals surface area contributed by atoms with Gasteiger partial charge in [-0.2, -0.15) is 0 Å². The molecule has 0 saturated carbocycles. The Bertz CT molecular complexity index is 166. The summed E-state index contributed by atoms with van der Waals surface area (Å²) >= 11 is 0. The van der Waals surface area contributed by atoms with E-state index in [1.807, 2.05) is 13.8 Å². The summed E-state index contributed by atoms with van der Waals surface area (Å²) in [6, 6.07) is 0. The van der Waals surface area contributed by atoms with Gasteiger partial charge in [-0.1, -0.05) is 0 Å².